The van der Waals surface area contributed by atoms with E-state index in [9.17, 15) is 4.79 Å². The van der Waals surface area contributed by atoms with E-state index in [2.05, 4.69) is 39.2 Å². The summed E-state index contributed by atoms with van der Waals surface area (Å²) in [6, 6.07) is 8.17. The van der Waals surface area contributed by atoms with Crippen molar-refractivity contribution in [2.24, 2.45) is 5.92 Å². The molecule has 2 amide bonds. The Morgan fingerprint density at radius 1 is 1.26 bits per heavy atom. The highest BCUT2D eigenvalue weighted by Gasteiger charge is 2.38. The Hall–Kier alpha value is -2.78. The Labute approximate surface area is 185 Å². The summed E-state index contributed by atoms with van der Waals surface area (Å²) >= 11 is 1.64. The summed E-state index contributed by atoms with van der Waals surface area (Å²) in [5.41, 5.74) is 3.68. The average Bonchev–Trinajstić information content (AvgIpc) is 3.18. The van der Waals surface area contributed by atoms with E-state index in [0.29, 0.717) is 30.9 Å². The zero-order valence-electron chi connectivity index (χ0n) is 17.9. The number of urea groups is 1. The van der Waals surface area contributed by atoms with E-state index in [1.54, 1.807) is 11.3 Å². The van der Waals surface area contributed by atoms with Crippen molar-refractivity contribution in [2.75, 3.05) is 18.4 Å². The maximum Gasteiger partial charge on any atom is 0.322 e. The summed E-state index contributed by atoms with van der Waals surface area (Å²) in [6.07, 6.45) is 0.923. The standard InChI is InChI=1S/C22H26N6O2S/c1-13-5-4-6-17(21-24-25-26-28(21)18-9-14(18)2)20(13)23-22(29)27-10-15(3)30-19(11-27)16-7-8-31-12-16/h4-8,12,14-15,18-19H,9-11H2,1-3H3,(H,23,29)/t14-,15-,18-,19+/m1/s1. The van der Waals surface area contributed by atoms with Crippen LogP contribution in [0.25, 0.3) is 11.4 Å². The van der Waals surface area contributed by atoms with Crippen molar-refractivity contribution in [3.05, 3.63) is 46.2 Å². The van der Waals surface area contributed by atoms with Crippen molar-refractivity contribution in [3.8, 4) is 11.4 Å². The zero-order valence-corrected chi connectivity index (χ0v) is 18.7. The molecule has 1 saturated heterocycles. The van der Waals surface area contributed by atoms with Gasteiger partial charge in [0.1, 0.15) is 6.10 Å². The van der Waals surface area contributed by atoms with Crippen LogP contribution in [0.3, 0.4) is 0 Å². The third-order valence-electron chi connectivity index (χ3n) is 6.08. The maximum atomic E-state index is 13.3. The first kappa shape index (κ1) is 20.1. The van der Waals surface area contributed by atoms with E-state index in [4.69, 9.17) is 4.74 Å². The molecule has 2 aliphatic rings. The number of aryl methyl sites for hydroxylation is 1. The number of aromatic nitrogens is 4. The van der Waals surface area contributed by atoms with Gasteiger partial charge in [0.15, 0.2) is 5.82 Å². The number of nitrogens with one attached hydrogen (secondary N) is 1. The molecule has 3 heterocycles. The van der Waals surface area contributed by atoms with Crippen LogP contribution in [0, 0.1) is 12.8 Å². The van der Waals surface area contributed by atoms with Crippen LogP contribution < -0.4 is 5.32 Å². The van der Waals surface area contributed by atoms with Gasteiger partial charge in [-0.1, -0.05) is 19.1 Å². The number of nitrogens with zero attached hydrogens (tertiary/aromatic N) is 5. The number of ether oxygens (including phenoxy) is 1. The van der Waals surface area contributed by atoms with Gasteiger partial charge >= 0.3 is 6.03 Å². The van der Waals surface area contributed by atoms with Crippen LogP contribution in [-0.2, 0) is 4.74 Å². The molecule has 9 heteroatoms. The predicted molar refractivity (Wildman–Crippen MR) is 119 cm³/mol. The van der Waals surface area contributed by atoms with Gasteiger partial charge in [-0.05, 0) is 70.6 Å². The highest BCUT2D eigenvalue weighted by atomic mass is 32.1. The minimum Gasteiger partial charge on any atom is -0.367 e. The van der Waals surface area contributed by atoms with Crippen molar-refractivity contribution in [1.82, 2.24) is 25.1 Å². The van der Waals surface area contributed by atoms with Crippen molar-refractivity contribution in [1.29, 1.82) is 0 Å². The quantitative estimate of drug-likeness (QED) is 0.657. The number of carbonyl (C=O) groups excluding carboxylic acids is 1. The van der Waals surface area contributed by atoms with Crippen molar-refractivity contribution >= 4 is 23.1 Å². The van der Waals surface area contributed by atoms with E-state index in [-0.39, 0.29) is 18.2 Å². The summed E-state index contributed by atoms with van der Waals surface area (Å²) in [5.74, 6) is 1.26. The molecule has 4 atom stereocenters. The van der Waals surface area contributed by atoms with Crippen molar-refractivity contribution < 1.29 is 9.53 Å². The molecule has 0 bridgehead atoms. The molecule has 1 saturated carbocycles. The monoisotopic (exact) mass is 438 g/mol. The Morgan fingerprint density at radius 2 is 2.10 bits per heavy atom. The largest absolute Gasteiger partial charge is 0.367 e. The van der Waals surface area contributed by atoms with Gasteiger partial charge in [0.25, 0.3) is 0 Å². The topological polar surface area (TPSA) is 85.2 Å². The molecule has 8 nitrogen and oxygen atoms in total. The second-order valence-corrected chi connectivity index (χ2v) is 9.33. The summed E-state index contributed by atoms with van der Waals surface area (Å²) in [4.78, 5) is 15.1. The van der Waals surface area contributed by atoms with E-state index < -0.39 is 0 Å². The van der Waals surface area contributed by atoms with Gasteiger partial charge < -0.3 is 15.0 Å². The fourth-order valence-electron chi connectivity index (χ4n) is 4.20. The fraction of sp³-hybridized carbons (Fsp3) is 0.455. The Morgan fingerprint density at radius 3 is 2.84 bits per heavy atom. The van der Waals surface area contributed by atoms with Gasteiger partial charge in [-0.2, -0.15) is 11.3 Å². The van der Waals surface area contributed by atoms with Gasteiger partial charge in [-0.25, -0.2) is 9.48 Å². The SMILES string of the molecule is Cc1cccc(-c2nnnn2[C@@H]2C[C@H]2C)c1NC(=O)N1C[C@@H](C)O[C@H](c2ccsc2)C1. The first-order valence-electron chi connectivity index (χ1n) is 10.6. The number of morpholine rings is 1. The molecule has 1 N–H and O–H groups in total. The smallest absolute Gasteiger partial charge is 0.322 e. The van der Waals surface area contributed by atoms with Crippen molar-refractivity contribution in [3.63, 3.8) is 0 Å². The van der Waals surface area contributed by atoms with E-state index >= 15 is 0 Å². The molecule has 3 aromatic rings. The normalized spacial score (nSPS) is 25.5. The van der Waals surface area contributed by atoms with Crippen LogP contribution in [0.15, 0.2) is 35.0 Å². The third-order valence-corrected chi connectivity index (χ3v) is 6.78. The molecular weight excluding hydrogens is 412 g/mol. The second kappa shape index (κ2) is 8.05. The molecule has 31 heavy (non-hydrogen) atoms. The number of thiophene rings is 1. The molecule has 0 unspecified atom stereocenters. The predicted octanol–water partition coefficient (Wildman–Crippen LogP) is 4.28. The number of amides is 2. The van der Waals surface area contributed by atoms with Crippen LogP contribution in [0.1, 0.15) is 43.5 Å². The Bertz CT molecular complexity index is 1080. The first-order valence-corrected chi connectivity index (χ1v) is 11.6. The van der Waals surface area contributed by atoms with Gasteiger partial charge in [0.2, 0.25) is 0 Å². The fourth-order valence-corrected chi connectivity index (χ4v) is 4.90. The van der Waals surface area contributed by atoms with Gasteiger partial charge in [-0.3, -0.25) is 0 Å². The molecular formula is C22H26N6O2S. The molecule has 5 rings (SSSR count). The number of benzene rings is 1. The van der Waals surface area contributed by atoms with Crippen LogP contribution in [0.2, 0.25) is 0 Å². The highest BCUT2D eigenvalue weighted by Crippen LogP contribution is 2.44. The van der Waals surface area contributed by atoms with Crippen LogP contribution in [-0.4, -0.2) is 50.3 Å². The average molecular weight is 439 g/mol. The lowest BCUT2D eigenvalue weighted by Gasteiger charge is -2.36. The third kappa shape index (κ3) is 3.95. The number of para-hydroxylation sites is 1. The number of anilines is 1. The summed E-state index contributed by atoms with van der Waals surface area (Å²) in [6.45, 7) is 7.25. The molecule has 1 aliphatic heterocycles. The molecule has 0 spiro atoms. The number of hydrogen-bond acceptors (Lipinski definition) is 6. The molecule has 162 valence electrons. The lowest BCUT2D eigenvalue weighted by molar-refractivity contribution is -0.0640. The molecule has 2 aromatic heterocycles. The highest BCUT2D eigenvalue weighted by molar-refractivity contribution is 7.07. The van der Waals surface area contributed by atoms with Crippen molar-refractivity contribution in [2.45, 2.75) is 45.4 Å². The number of hydrogen-bond donors (Lipinski definition) is 1. The van der Waals surface area contributed by atoms with Crippen LogP contribution in [0.5, 0.6) is 0 Å². The van der Waals surface area contributed by atoms with Crippen LogP contribution >= 0.6 is 11.3 Å². The Kier molecular flexibility index (Phi) is 5.23. The van der Waals surface area contributed by atoms with E-state index in [0.717, 1.165) is 28.8 Å². The van der Waals surface area contributed by atoms with E-state index in [1.807, 2.05) is 47.0 Å². The van der Waals surface area contributed by atoms with E-state index in [1.165, 1.54) is 0 Å². The first-order chi connectivity index (χ1) is 15.0. The summed E-state index contributed by atoms with van der Waals surface area (Å²) in [5, 5.41) is 19.7. The molecule has 2 fully saturated rings. The summed E-state index contributed by atoms with van der Waals surface area (Å²) < 4.78 is 7.97. The van der Waals surface area contributed by atoms with Gasteiger partial charge in [-0.15, -0.1) is 5.10 Å². The molecule has 1 aliphatic carbocycles. The lowest BCUT2D eigenvalue weighted by Crippen LogP contribution is -2.47. The zero-order chi connectivity index (χ0) is 21.5. The number of tetrazole rings is 1. The minimum absolute atomic E-state index is 0.0376. The molecule has 1 aromatic carbocycles. The summed E-state index contributed by atoms with van der Waals surface area (Å²) in [7, 11) is 0. The Balaban J connectivity index is 1.40. The van der Waals surface area contributed by atoms with Gasteiger partial charge in [0, 0.05) is 12.1 Å². The second-order valence-electron chi connectivity index (χ2n) is 8.55. The van der Waals surface area contributed by atoms with Gasteiger partial charge in [0.05, 0.1) is 24.4 Å². The minimum atomic E-state index is -0.134. The van der Waals surface area contributed by atoms with Crippen LogP contribution in [0.4, 0.5) is 10.5 Å². The maximum absolute atomic E-state index is 13.3. The number of rotatable bonds is 4. The molecule has 0 radical (unpaired) electrons. The lowest BCUT2D eigenvalue weighted by atomic mass is 10.1. The number of carbonyl (C=O) groups is 1.